The number of aliphatic hydroxyl groups excluding tert-OH is 1. The Hall–Kier alpha value is -1.39. The van der Waals surface area contributed by atoms with Crippen LogP contribution in [0.1, 0.15) is 18.9 Å². The van der Waals surface area contributed by atoms with Crippen LogP contribution in [0.2, 0.25) is 0 Å². The molecule has 1 aromatic rings. The van der Waals surface area contributed by atoms with Crippen molar-refractivity contribution in [1.82, 2.24) is 5.32 Å². The van der Waals surface area contributed by atoms with E-state index in [0.717, 1.165) is 6.42 Å². The van der Waals surface area contributed by atoms with Gasteiger partial charge in [-0.1, -0.05) is 30.3 Å². The summed E-state index contributed by atoms with van der Waals surface area (Å²) in [5.74, 6) is -0.207. The standard InChI is InChI=1S/C13H20N2O2/c1-10(16)9-15-13(17)12(14)8-7-11-5-3-2-4-6-11/h2-6,10,12,16H,7-9,14H2,1H3,(H,15,17)/t10-,12?/m1/s1. The number of hydrogen-bond donors (Lipinski definition) is 3. The maximum Gasteiger partial charge on any atom is 0.237 e. The van der Waals surface area contributed by atoms with Gasteiger partial charge in [0.2, 0.25) is 5.91 Å². The van der Waals surface area contributed by atoms with Gasteiger partial charge in [0.25, 0.3) is 0 Å². The van der Waals surface area contributed by atoms with Crippen molar-refractivity contribution in [3.8, 4) is 0 Å². The van der Waals surface area contributed by atoms with Crippen molar-refractivity contribution in [3.63, 3.8) is 0 Å². The van der Waals surface area contributed by atoms with Crippen LogP contribution in [-0.4, -0.2) is 29.7 Å². The van der Waals surface area contributed by atoms with Crippen LogP contribution in [0.3, 0.4) is 0 Å². The van der Waals surface area contributed by atoms with Crippen LogP contribution in [0.5, 0.6) is 0 Å². The zero-order chi connectivity index (χ0) is 12.7. The predicted octanol–water partition coefficient (Wildman–Crippen LogP) is 0.444. The molecule has 0 aromatic heterocycles. The summed E-state index contributed by atoms with van der Waals surface area (Å²) in [5, 5.41) is 11.6. The molecule has 0 bridgehead atoms. The van der Waals surface area contributed by atoms with Gasteiger partial charge < -0.3 is 16.2 Å². The van der Waals surface area contributed by atoms with Gasteiger partial charge in [-0.25, -0.2) is 0 Å². The fourth-order valence-electron chi connectivity index (χ4n) is 1.48. The molecule has 4 N–H and O–H groups in total. The number of aliphatic hydroxyl groups is 1. The summed E-state index contributed by atoms with van der Waals surface area (Å²) in [5.41, 5.74) is 6.93. The van der Waals surface area contributed by atoms with Gasteiger partial charge in [-0.3, -0.25) is 4.79 Å². The number of carbonyl (C=O) groups is 1. The summed E-state index contributed by atoms with van der Waals surface area (Å²) in [6, 6.07) is 9.40. The Morgan fingerprint density at radius 1 is 1.41 bits per heavy atom. The van der Waals surface area contributed by atoms with Gasteiger partial charge in [0.1, 0.15) is 0 Å². The van der Waals surface area contributed by atoms with Crippen molar-refractivity contribution in [1.29, 1.82) is 0 Å². The highest BCUT2D eigenvalue weighted by molar-refractivity contribution is 5.81. The third kappa shape index (κ3) is 5.47. The Balaban J connectivity index is 2.29. The molecule has 0 aliphatic rings. The van der Waals surface area contributed by atoms with Crippen molar-refractivity contribution in [2.75, 3.05) is 6.54 Å². The van der Waals surface area contributed by atoms with Crippen molar-refractivity contribution in [2.45, 2.75) is 31.9 Å². The molecule has 0 radical (unpaired) electrons. The van der Waals surface area contributed by atoms with Crippen molar-refractivity contribution < 1.29 is 9.90 Å². The van der Waals surface area contributed by atoms with E-state index < -0.39 is 12.1 Å². The van der Waals surface area contributed by atoms with E-state index in [-0.39, 0.29) is 12.5 Å². The second-order valence-electron chi connectivity index (χ2n) is 4.22. The topological polar surface area (TPSA) is 75.3 Å². The molecule has 1 amide bonds. The quantitative estimate of drug-likeness (QED) is 0.671. The fourth-order valence-corrected chi connectivity index (χ4v) is 1.48. The molecule has 0 spiro atoms. The highest BCUT2D eigenvalue weighted by Crippen LogP contribution is 2.03. The van der Waals surface area contributed by atoms with E-state index in [9.17, 15) is 4.79 Å². The average molecular weight is 236 g/mol. The van der Waals surface area contributed by atoms with Crippen LogP contribution in [0.15, 0.2) is 30.3 Å². The lowest BCUT2D eigenvalue weighted by molar-refractivity contribution is -0.122. The first kappa shape index (κ1) is 13.7. The number of carbonyl (C=O) groups excluding carboxylic acids is 1. The van der Waals surface area contributed by atoms with Crippen LogP contribution in [0, 0.1) is 0 Å². The first-order valence-corrected chi connectivity index (χ1v) is 5.85. The molecule has 1 rings (SSSR count). The molecule has 0 aliphatic carbocycles. The largest absolute Gasteiger partial charge is 0.392 e. The molecular weight excluding hydrogens is 216 g/mol. The highest BCUT2D eigenvalue weighted by atomic mass is 16.3. The molecular formula is C13H20N2O2. The number of aryl methyl sites for hydroxylation is 1. The maximum atomic E-state index is 11.5. The van der Waals surface area contributed by atoms with E-state index in [1.807, 2.05) is 30.3 Å². The van der Waals surface area contributed by atoms with Crippen LogP contribution in [0.4, 0.5) is 0 Å². The first-order chi connectivity index (χ1) is 8.09. The number of nitrogens with one attached hydrogen (secondary N) is 1. The SMILES string of the molecule is C[C@@H](O)CNC(=O)C(N)CCc1ccccc1. The van der Waals surface area contributed by atoms with Gasteiger partial charge in [-0.05, 0) is 25.3 Å². The number of rotatable bonds is 6. The molecule has 94 valence electrons. The minimum absolute atomic E-state index is 0.207. The lowest BCUT2D eigenvalue weighted by Gasteiger charge is -2.13. The van der Waals surface area contributed by atoms with Crippen molar-refractivity contribution >= 4 is 5.91 Å². The summed E-state index contributed by atoms with van der Waals surface area (Å²) < 4.78 is 0. The van der Waals surface area contributed by atoms with Crippen LogP contribution in [-0.2, 0) is 11.2 Å². The van der Waals surface area contributed by atoms with Crippen molar-refractivity contribution in [3.05, 3.63) is 35.9 Å². The lowest BCUT2D eigenvalue weighted by Crippen LogP contribution is -2.43. The molecule has 4 heteroatoms. The monoisotopic (exact) mass is 236 g/mol. The zero-order valence-corrected chi connectivity index (χ0v) is 10.1. The number of hydrogen-bond acceptors (Lipinski definition) is 3. The maximum absolute atomic E-state index is 11.5. The first-order valence-electron chi connectivity index (χ1n) is 5.85. The molecule has 2 atom stereocenters. The van der Waals surface area contributed by atoms with E-state index in [0.29, 0.717) is 6.42 Å². The Kier molecular flexibility index (Phi) is 5.66. The molecule has 1 aromatic carbocycles. The molecule has 0 aliphatic heterocycles. The molecule has 0 saturated carbocycles. The number of benzene rings is 1. The summed E-state index contributed by atoms with van der Waals surface area (Å²) >= 11 is 0. The Morgan fingerprint density at radius 2 is 2.06 bits per heavy atom. The minimum Gasteiger partial charge on any atom is -0.392 e. The Morgan fingerprint density at radius 3 is 2.65 bits per heavy atom. The van der Waals surface area contributed by atoms with Crippen LogP contribution >= 0.6 is 0 Å². The van der Waals surface area contributed by atoms with Gasteiger partial charge in [0.05, 0.1) is 12.1 Å². The molecule has 0 heterocycles. The predicted molar refractivity (Wildman–Crippen MR) is 67.4 cm³/mol. The Bertz CT molecular complexity index is 339. The van der Waals surface area contributed by atoms with Gasteiger partial charge in [-0.2, -0.15) is 0 Å². The average Bonchev–Trinajstić information content (AvgIpc) is 2.34. The third-order valence-corrected chi connectivity index (χ3v) is 2.50. The zero-order valence-electron chi connectivity index (χ0n) is 10.1. The lowest BCUT2D eigenvalue weighted by atomic mass is 10.1. The minimum atomic E-state index is -0.541. The summed E-state index contributed by atoms with van der Waals surface area (Å²) in [7, 11) is 0. The fraction of sp³-hybridized carbons (Fsp3) is 0.462. The van der Waals surface area contributed by atoms with Gasteiger partial charge in [0, 0.05) is 6.54 Å². The molecule has 4 nitrogen and oxygen atoms in total. The Labute approximate surface area is 102 Å². The van der Waals surface area contributed by atoms with Crippen LogP contribution < -0.4 is 11.1 Å². The van der Waals surface area contributed by atoms with E-state index in [1.165, 1.54) is 5.56 Å². The second kappa shape index (κ2) is 7.04. The smallest absolute Gasteiger partial charge is 0.237 e. The second-order valence-corrected chi connectivity index (χ2v) is 4.22. The summed E-state index contributed by atoms with van der Waals surface area (Å²) in [6.45, 7) is 1.87. The number of nitrogens with two attached hydrogens (primary N) is 1. The summed E-state index contributed by atoms with van der Waals surface area (Å²) in [4.78, 5) is 11.5. The van der Waals surface area contributed by atoms with Crippen molar-refractivity contribution in [2.24, 2.45) is 5.73 Å². The van der Waals surface area contributed by atoms with E-state index in [1.54, 1.807) is 6.92 Å². The van der Waals surface area contributed by atoms with E-state index >= 15 is 0 Å². The van der Waals surface area contributed by atoms with Gasteiger partial charge in [-0.15, -0.1) is 0 Å². The molecule has 0 saturated heterocycles. The normalized spacial score (nSPS) is 14.1. The molecule has 17 heavy (non-hydrogen) atoms. The summed E-state index contributed by atoms with van der Waals surface area (Å²) in [6.07, 6.45) is 0.847. The molecule has 0 fully saturated rings. The number of amides is 1. The van der Waals surface area contributed by atoms with E-state index in [2.05, 4.69) is 5.32 Å². The third-order valence-electron chi connectivity index (χ3n) is 2.50. The van der Waals surface area contributed by atoms with Gasteiger partial charge in [0.15, 0.2) is 0 Å². The van der Waals surface area contributed by atoms with Gasteiger partial charge >= 0.3 is 0 Å². The van der Waals surface area contributed by atoms with E-state index in [4.69, 9.17) is 10.8 Å². The van der Waals surface area contributed by atoms with Crippen LogP contribution in [0.25, 0.3) is 0 Å². The highest BCUT2D eigenvalue weighted by Gasteiger charge is 2.13. The molecule has 1 unspecified atom stereocenters.